The Labute approximate surface area is 232 Å². The Hall–Kier alpha value is -4.15. The summed E-state index contributed by atoms with van der Waals surface area (Å²) in [5, 5.41) is 19.6. The SMILES string of the molecule is CN1C(=O)/C(=N\C(N(c2ccccc2C#N)c2ccccc2C#N)C(Cl)(Cl)Cl)N(c2ccccc2F)C1=O. The zero-order valence-electron chi connectivity index (χ0n) is 19.5. The van der Waals surface area contributed by atoms with E-state index < -0.39 is 33.5 Å². The minimum absolute atomic E-state index is 0.150. The molecule has 1 aliphatic rings. The second-order valence-electron chi connectivity index (χ2n) is 7.93. The summed E-state index contributed by atoms with van der Waals surface area (Å²) in [5.74, 6) is -2.18. The van der Waals surface area contributed by atoms with Gasteiger partial charge in [0, 0.05) is 7.05 Å². The van der Waals surface area contributed by atoms with Gasteiger partial charge < -0.3 is 4.90 Å². The van der Waals surface area contributed by atoms with Crippen LogP contribution in [0.25, 0.3) is 0 Å². The topological polar surface area (TPSA) is 104 Å². The summed E-state index contributed by atoms with van der Waals surface area (Å²) < 4.78 is 12.5. The van der Waals surface area contributed by atoms with Crippen LogP contribution >= 0.6 is 34.8 Å². The van der Waals surface area contributed by atoms with E-state index in [-0.39, 0.29) is 28.2 Å². The molecule has 3 amide bonds. The van der Waals surface area contributed by atoms with Gasteiger partial charge in [0.05, 0.1) is 28.2 Å². The number of nitriles is 2. The molecule has 0 bridgehead atoms. The Bertz CT molecular complexity index is 1490. The van der Waals surface area contributed by atoms with Gasteiger partial charge >= 0.3 is 6.03 Å². The van der Waals surface area contributed by atoms with E-state index in [0.717, 1.165) is 15.9 Å². The van der Waals surface area contributed by atoms with Crippen molar-refractivity contribution >= 4 is 69.6 Å². The van der Waals surface area contributed by atoms with Crippen molar-refractivity contribution in [3.63, 3.8) is 0 Å². The summed E-state index contributed by atoms with van der Waals surface area (Å²) in [5.41, 5.74) is 0.480. The van der Waals surface area contributed by atoms with Gasteiger partial charge in [0.2, 0.25) is 9.63 Å². The lowest BCUT2D eigenvalue weighted by molar-refractivity contribution is -0.119. The lowest BCUT2D eigenvalue weighted by Gasteiger charge is -2.36. The number of carbonyl (C=O) groups excluding carboxylic acids is 2. The van der Waals surface area contributed by atoms with Gasteiger partial charge in [-0.2, -0.15) is 10.5 Å². The molecule has 0 N–H and O–H groups in total. The van der Waals surface area contributed by atoms with Gasteiger partial charge in [-0.3, -0.25) is 9.69 Å². The molecule has 0 radical (unpaired) electrons. The van der Waals surface area contributed by atoms with Crippen LogP contribution in [0.2, 0.25) is 0 Å². The van der Waals surface area contributed by atoms with Crippen molar-refractivity contribution in [3.05, 3.63) is 89.7 Å². The van der Waals surface area contributed by atoms with Gasteiger partial charge in [-0.25, -0.2) is 19.1 Å². The Morgan fingerprint density at radius 2 is 1.39 bits per heavy atom. The molecule has 8 nitrogen and oxygen atoms in total. The quantitative estimate of drug-likeness (QED) is 0.281. The summed E-state index contributed by atoms with van der Waals surface area (Å²) in [7, 11) is 1.21. The van der Waals surface area contributed by atoms with Crippen molar-refractivity contribution in [1.82, 2.24) is 4.90 Å². The van der Waals surface area contributed by atoms with Crippen LogP contribution < -0.4 is 9.80 Å². The summed E-state index contributed by atoms with van der Waals surface area (Å²) in [6.07, 6.45) is -1.61. The number of urea groups is 1. The minimum atomic E-state index is -2.29. The normalized spacial score (nSPS) is 15.4. The molecular weight excluding hydrogens is 554 g/mol. The van der Waals surface area contributed by atoms with Crippen LogP contribution in [0.4, 0.5) is 26.2 Å². The van der Waals surface area contributed by atoms with Gasteiger partial charge in [-0.15, -0.1) is 0 Å². The molecule has 3 aromatic carbocycles. The van der Waals surface area contributed by atoms with Gasteiger partial charge in [0.25, 0.3) is 5.91 Å². The predicted octanol–water partition coefficient (Wildman–Crippen LogP) is 5.90. The number of aliphatic imine (C=N–C) groups is 1. The number of likely N-dealkylation sites (N-methyl/N-ethyl adjacent to an activating group) is 1. The highest BCUT2D eigenvalue weighted by Crippen LogP contribution is 2.43. The fourth-order valence-corrected chi connectivity index (χ4v) is 4.32. The Kier molecular flexibility index (Phi) is 7.56. The fourth-order valence-electron chi connectivity index (χ4n) is 3.88. The van der Waals surface area contributed by atoms with Crippen LogP contribution in [0.5, 0.6) is 0 Å². The van der Waals surface area contributed by atoms with Gasteiger partial charge in [-0.1, -0.05) is 71.2 Å². The number of amides is 3. The number of anilines is 3. The number of para-hydroxylation sites is 3. The minimum Gasteiger partial charge on any atom is -0.312 e. The smallest absolute Gasteiger partial charge is 0.312 e. The third-order valence-corrected chi connectivity index (χ3v) is 6.21. The maximum Gasteiger partial charge on any atom is 0.337 e. The predicted molar refractivity (Wildman–Crippen MR) is 143 cm³/mol. The van der Waals surface area contributed by atoms with Gasteiger partial charge in [-0.05, 0) is 36.4 Å². The van der Waals surface area contributed by atoms with E-state index >= 15 is 0 Å². The Morgan fingerprint density at radius 3 is 1.89 bits per heavy atom. The van der Waals surface area contributed by atoms with E-state index in [9.17, 15) is 24.5 Å². The number of benzene rings is 3. The standard InChI is InChI=1S/C26H16Cl3FN6O2/c1-34-23(37)22(36(25(34)38)21-13-7-4-10-18(21)30)33-24(26(27,28)29)35(19-11-5-2-8-16(19)14-31)20-12-6-3-9-17(20)15-32/h2-13,24H,1H3/b33-22+. The molecule has 1 saturated heterocycles. The highest BCUT2D eigenvalue weighted by Gasteiger charge is 2.46. The highest BCUT2D eigenvalue weighted by molar-refractivity contribution is 6.68. The van der Waals surface area contributed by atoms with Gasteiger partial charge in [0.1, 0.15) is 18.0 Å². The number of carbonyl (C=O) groups is 2. The van der Waals surface area contributed by atoms with E-state index in [1.54, 1.807) is 36.4 Å². The molecule has 1 unspecified atom stereocenters. The number of alkyl halides is 3. The van der Waals surface area contributed by atoms with E-state index in [0.29, 0.717) is 0 Å². The fraction of sp³-hybridized carbons (Fsp3) is 0.115. The lowest BCUT2D eigenvalue weighted by Crippen LogP contribution is -2.43. The van der Waals surface area contributed by atoms with Crippen molar-refractivity contribution in [1.29, 1.82) is 10.5 Å². The van der Waals surface area contributed by atoms with Crippen LogP contribution in [0.1, 0.15) is 11.1 Å². The number of halogens is 4. The van der Waals surface area contributed by atoms with Crippen molar-refractivity contribution in [3.8, 4) is 12.1 Å². The third-order valence-electron chi connectivity index (χ3n) is 5.63. The second kappa shape index (κ2) is 10.7. The number of nitrogens with zero attached hydrogens (tertiary/aromatic N) is 6. The molecule has 1 atom stereocenters. The first-order chi connectivity index (χ1) is 18.1. The van der Waals surface area contributed by atoms with Crippen molar-refractivity contribution < 1.29 is 14.0 Å². The molecule has 38 heavy (non-hydrogen) atoms. The summed E-state index contributed by atoms with van der Waals surface area (Å²) >= 11 is 19.3. The molecule has 1 heterocycles. The van der Waals surface area contributed by atoms with Crippen LogP contribution in [-0.2, 0) is 4.79 Å². The maximum atomic E-state index is 14.8. The average Bonchev–Trinajstić information content (AvgIpc) is 3.11. The molecule has 0 aliphatic carbocycles. The third kappa shape index (κ3) is 4.88. The molecule has 0 saturated carbocycles. The van der Waals surface area contributed by atoms with Crippen molar-refractivity contribution in [2.45, 2.75) is 9.96 Å². The molecule has 12 heteroatoms. The van der Waals surface area contributed by atoms with E-state index in [1.807, 2.05) is 0 Å². The Morgan fingerprint density at radius 1 is 0.895 bits per heavy atom. The molecule has 4 rings (SSSR count). The van der Waals surface area contributed by atoms with Crippen LogP contribution in [0, 0.1) is 28.5 Å². The maximum absolute atomic E-state index is 14.8. The number of rotatable bonds is 5. The molecule has 3 aromatic rings. The van der Waals surface area contributed by atoms with E-state index in [4.69, 9.17) is 34.8 Å². The number of amidine groups is 1. The van der Waals surface area contributed by atoms with E-state index in [1.165, 1.54) is 42.3 Å². The van der Waals surface area contributed by atoms with E-state index in [2.05, 4.69) is 17.1 Å². The first kappa shape index (κ1) is 26.9. The summed E-state index contributed by atoms with van der Waals surface area (Å²) in [6.45, 7) is 0. The molecule has 190 valence electrons. The van der Waals surface area contributed by atoms with Crippen LogP contribution in [0.3, 0.4) is 0 Å². The Balaban J connectivity index is 2.03. The summed E-state index contributed by atoms with van der Waals surface area (Å²) in [4.78, 5) is 33.4. The molecule has 1 aliphatic heterocycles. The van der Waals surface area contributed by atoms with Crippen LogP contribution in [0.15, 0.2) is 77.8 Å². The number of imide groups is 1. The second-order valence-corrected chi connectivity index (χ2v) is 10.3. The number of hydrogen-bond donors (Lipinski definition) is 0. The van der Waals surface area contributed by atoms with Crippen LogP contribution in [-0.4, -0.2) is 39.7 Å². The number of hydrogen-bond acceptors (Lipinski definition) is 6. The molecule has 0 aromatic heterocycles. The monoisotopic (exact) mass is 568 g/mol. The van der Waals surface area contributed by atoms with Gasteiger partial charge in [0.15, 0.2) is 6.17 Å². The molecule has 1 fully saturated rings. The highest BCUT2D eigenvalue weighted by atomic mass is 35.6. The van der Waals surface area contributed by atoms with Crippen molar-refractivity contribution in [2.24, 2.45) is 4.99 Å². The largest absolute Gasteiger partial charge is 0.337 e. The zero-order chi connectivity index (χ0) is 27.6. The molecule has 0 spiro atoms. The zero-order valence-corrected chi connectivity index (χ0v) is 21.8. The first-order valence-electron chi connectivity index (χ1n) is 10.9. The van der Waals surface area contributed by atoms with Crippen molar-refractivity contribution in [2.75, 3.05) is 16.8 Å². The summed E-state index contributed by atoms with van der Waals surface area (Å²) in [6, 6.07) is 21.2. The average molecular weight is 570 g/mol. The first-order valence-corrected chi connectivity index (χ1v) is 12.0. The lowest BCUT2D eigenvalue weighted by atomic mass is 10.1. The molecular formula is C26H16Cl3FN6O2.